The number of carbonyl (C=O) groups excluding carboxylic acids is 3. The fourth-order valence-electron chi connectivity index (χ4n) is 13.1. The molecule has 3 amide bonds. The van der Waals surface area contributed by atoms with Crippen LogP contribution in [0.5, 0.6) is 0 Å². The summed E-state index contributed by atoms with van der Waals surface area (Å²) in [5, 5.41) is 4.78. The smallest absolute Gasteiger partial charge is 0.444 e. The minimum Gasteiger partial charge on any atom is -0.444 e. The van der Waals surface area contributed by atoms with Crippen LogP contribution in [0.2, 0.25) is 0 Å². The molecule has 4 saturated heterocycles. The van der Waals surface area contributed by atoms with Crippen molar-refractivity contribution in [3.63, 3.8) is 0 Å². The van der Waals surface area contributed by atoms with Gasteiger partial charge in [0, 0.05) is 40.7 Å². The topological polar surface area (TPSA) is 177 Å². The van der Waals surface area contributed by atoms with Crippen LogP contribution in [0.3, 0.4) is 0 Å². The van der Waals surface area contributed by atoms with Gasteiger partial charge in [-0.3, -0.25) is 19.7 Å². The molecule has 2 N–H and O–H groups in total. The number of likely N-dealkylation sites (tertiary alicyclic amines) is 3. The van der Waals surface area contributed by atoms with Crippen molar-refractivity contribution in [2.24, 2.45) is 4.99 Å². The molecule has 14 rings (SSSR count). The number of H-pyrrole nitrogens is 2. The lowest BCUT2D eigenvalue weighted by Gasteiger charge is -2.32. The van der Waals surface area contributed by atoms with Crippen LogP contribution in [0.1, 0.15) is 158 Å². The van der Waals surface area contributed by atoms with Gasteiger partial charge in [-0.05, 0) is 226 Å². The second-order valence-corrected chi connectivity index (χ2v) is 30.9. The molecule has 5 aliphatic rings. The van der Waals surface area contributed by atoms with Crippen molar-refractivity contribution in [3.05, 3.63) is 154 Å². The van der Waals surface area contributed by atoms with Crippen LogP contribution >= 0.6 is 31.9 Å². The number of carbonyl (C=O) groups is 3. The second kappa shape index (κ2) is 25.9. The molecule has 7 aromatic carbocycles. The maximum Gasteiger partial charge on any atom is 0.494 e. The van der Waals surface area contributed by atoms with E-state index in [0.29, 0.717) is 19.6 Å². The quantitative estimate of drug-likeness (QED) is 0.120. The maximum atomic E-state index is 13.0. The molecule has 0 aliphatic carbocycles. The Kier molecular flexibility index (Phi) is 18.3. The number of aliphatic imine (C=N–C) groups is 1. The van der Waals surface area contributed by atoms with Crippen molar-refractivity contribution in [2.75, 3.05) is 19.6 Å². The molecule has 0 spiro atoms. The predicted molar refractivity (Wildman–Crippen MR) is 382 cm³/mol. The molecule has 0 saturated carbocycles. The van der Waals surface area contributed by atoms with Crippen LogP contribution in [-0.2, 0) is 29.9 Å². The van der Waals surface area contributed by atoms with Crippen molar-refractivity contribution in [1.29, 1.82) is 0 Å². The van der Waals surface area contributed by atoms with E-state index in [1.807, 2.05) is 79.3 Å². The van der Waals surface area contributed by atoms with Gasteiger partial charge in [-0.2, -0.15) is 0 Å². The minimum atomic E-state index is -0.553. The first kappa shape index (κ1) is 66.4. The van der Waals surface area contributed by atoms with Gasteiger partial charge in [-0.1, -0.05) is 117 Å². The molecule has 94 heavy (non-hydrogen) atoms. The highest BCUT2D eigenvalue weighted by Gasteiger charge is 2.52. The number of benzene rings is 7. The van der Waals surface area contributed by atoms with Crippen molar-refractivity contribution in [3.8, 4) is 22.3 Å². The van der Waals surface area contributed by atoms with E-state index in [2.05, 4.69) is 185 Å². The monoisotopic (exact) mass is 1390 g/mol. The number of ether oxygens (including phenoxy) is 3. The summed E-state index contributed by atoms with van der Waals surface area (Å²) in [6.07, 6.45) is 5.32. The first-order valence-corrected chi connectivity index (χ1v) is 34.4. The van der Waals surface area contributed by atoms with Crippen molar-refractivity contribution < 1.29 is 37.9 Å². The number of hydrogen-bond donors (Lipinski definition) is 2. The largest absolute Gasteiger partial charge is 0.494 e. The Labute approximate surface area is 568 Å². The number of fused-ring (bicyclic) bond motifs is 5. The van der Waals surface area contributed by atoms with Gasteiger partial charge in [-0.15, -0.1) is 0 Å². The average molecular weight is 1400 g/mol. The summed E-state index contributed by atoms with van der Waals surface area (Å²) >= 11 is 7.02. The number of rotatable bonds is 6. The van der Waals surface area contributed by atoms with Crippen molar-refractivity contribution in [1.82, 2.24) is 34.6 Å². The second-order valence-electron chi connectivity index (χ2n) is 29.2. The zero-order chi connectivity index (χ0) is 66.8. The Bertz CT molecular complexity index is 4190. The third-order valence-corrected chi connectivity index (χ3v) is 19.7. The number of aromatic amines is 2. The molecule has 0 bridgehead atoms. The van der Waals surface area contributed by atoms with Crippen molar-refractivity contribution in [2.45, 2.75) is 181 Å². The van der Waals surface area contributed by atoms with Crippen LogP contribution in [0.25, 0.3) is 65.9 Å². The number of nitrogens with one attached hydrogen (secondary N) is 2. The first-order chi connectivity index (χ1) is 44.5. The van der Waals surface area contributed by atoms with E-state index in [-0.39, 0.29) is 47.6 Å². The van der Waals surface area contributed by atoms with E-state index >= 15 is 0 Å². The number of imidazole rings is 2. The molecule has 19 heteroatoms. The number of hydrogen-bond acceptors (Lipinski definition) is 11. The van der Waals surface area contributed by atoms with E-state index in [1.165, 1.54) is 16.3 Å². The summed E-state index contributed by atoms with van der Waals surface area (Å²) < 4.78 is 31.7. The number of aromatic nitrogens is 4. The summed E-state index contributed by atoms with van der Waals surface area (Å²) in [4.78, 5) is 65.9. The van der Waals surface area contributed by atoms with Crippen LogP contribution in [0.4, 0.5) is 20.1 Å². The maximum absolute atomic E-state index is 13.0. The van der Waals surface area contributed by atoms with E-state index in [4.69, 9.17) is 38.5 Å². The Morgan fingerprint density at radius 2 is 0.926 bits per heavy atom. The molecule has 490 valence electrons. The number of nitrogens with zero attached hydrogens (tertiary/aromatic N) is 6. The van der Waals surface area contributed by atoms with E-state index in [0.717, 1.165) is 137 Å². The summed E-state index contributed by atoms with van der Waals surface area (Å²) in [6.45, 7) is 27.3. The molecule has 0 unspecified atom stereocenters. The Hall–Kier alpha value is -7.58. The summed E-state index contributed by atoms with van der Waals surface area (Å²) in [7, 11) is -0.399. The highest BCUT2D eigenvalue weighted by molar-refractivity contribution is 9.11. The SMILES string of the molecule is Brc1cccc2c(Br)cccc12.CC(C)(C)OC(=O)N1CCC[C@H]1C1=Nc2cc(B3OC(C)(C)C(C)(C)O3)ccc2C1.CC(C)(C)OC(=O)N1CCC[C@H]1c1nc2ccc(-c3cccc4c(-c5ccc6nc([C@@H]7CCCN7C(=O)OC(C)(C)C)[nH]c6c5)cccc34)cc2[nH]1. The summed E-state index contributed by atoms with van der Waals surface area (Å²) in [5.74, 6) is 1.58. The van der Waals surface area contributed by atoms with Crippen LogP contribution < -0.4 is 5.46 Å². The first-order valence-electron chi connectivity index (χ1n) is 32.9. The number of amides is 3. The van der Waals surface area contributed by atoms with Gasteiger partial charge in [-0.25, -0.2) is 24.4 Å². The molecule has 3 atom stereocenters. The molecule has 0 radical (unpaired) electrons. The van der Waals surface area contributed by atoms with E-state index < -0.39 is 23.9 Å². The fraction of sp³-hybridized carbons (Fsp3) is 0.413. The molecule has 7 heterocycles. The molecule has 16 nitrogen and oxygen atoms in total. The summed E-state index contributed by atoms with van der Waals surface area (Å²) in [6, 6.07) is 43.9. The number of halogens is 2. The van der Waals surface area contributed by atoms with Gasteiger partial charge in [0.05, 0.1) is 57.1 Å². The zero-order valence-electron chi connectivity index (χ0n) is 56.2. The highest BCUT2D eigenvalue weighted by Crippen LogP contribution is 2.42. The van der Waals surface area contributed by atoms with Gasteiger partial charge in [0.25, 0.3) is 0 Å². The fourth-order valence-corrected chi connectivity index (χ4v) is 14.1. The van der Waals surface area contributed by atoms with E-state index in [9.17, 15) is 14.4 Å². The predicted octanol–water partition coefficient (Wildman–Crippen LogP) is 18.4. The van der Waals surface area contributed by atoms with Crippen LogP contribution in [0, 0.1) is 0 Å². The highest BCUT2D eigenvalue weighted by atomic mass is 79.9. The third kappa shape index (κ3) is 14.2. The van der Waals surface area contributed by atoms with Crippen LogP contribution in [-0.4, -0.2) is 119 Å². The molecule has 5 aliphatic heterocycles. The molecular formula is C75H85BBr2N8O8. The van der Waals surface area contributed by atoms with Gasteiger partial charge in [0.1, 0.15) is 28.5 Å². The Balaban J connectivity index is 0.000000168. The standard InChI is InChI=1S/C42H46N6O4.C23H33BN2O4.C10H6Br2/c1-41(2,3)51-39(49)47-21-9-15-35(47)37-43-31-19-17-25(23-33(31)45-37)27-11-7-14-30-28(12-8-13-29(27)30)26-18-20-32-34(24-26)46-38(44-32)36-16-10-22-48(36)40(50)52-42(4,5)6;1-21(2,3)28-20(27)26-12-8-9-19(26)18-13-15-10-11-16(14-17(15)25-18)24-29-22(4,5)23(6,7)30-24;11-9-5-1-3-7-8(9)4-2-6-10(7)12/h7-8,11-14,17-20,23-24,35-36H,9-10,15-16,21-22H2,1-6H3,(H,43,45)(H,44,46);10-11,14,19H,8-9,12-13H2,1-7H3;1-6H/t35-,36-;19-;/m00./s1. The normalized spacial score (nSPS) is 19.3. The zero-order valence-corrected chi connectivity index (χ0v) is 59.4. The molecule has 2 aromatic heterocycles. The van der Waals surface area contributed by atoms with Gasteiger partial charge < -0.3 is 33.5 Å². The van der Waals surface area contributed by atoms with E-state index in [1.54, 1.807) is 9.80 Å². The van der Waals surface area contributed by atoms with Gasteiger partial charge in [0.2, 0.25) is 0 Å². The van der Waals surface area contributed by atoms with Gasteiger partial charge >= 0.3 is 25.4 Å². The van der Waals surface area contributed by atoms with Crippen molar-refractivity contribution >= 4 is 118 Å². The molecule has 9 aromatic rings. The lowest BCUT2D eigenvalue weighted by atomic mass is 9.78. The van der Waals surface area contributed by atoms with Crippen LogP contribution in [0.15, 0.2) is 141 Å². The Morgan fingerprint density at radius 3 is 1.36 bits per heavy atom. The Morgan fingerprint density at radius 1 is 0.521 bits per heavy atom. The minimum absolute atomic E-state index is 0.00699. The lowest BCUT2D eigenvalue weighted by molar-refractivity contribution is 0.00578. The lowest BCUT2D eigenvalue weighted by Crippen LogP contribution is -2.43. The van der Waals surface area contributed by atoms with Gasteiger partial charge in [0.15, 0.2) is 0 Å². The average Bonchev–Trinajstić information content (AvgIpc) is 1.44. The molecule has 4 fully saturated rings. The molecular weight excluding hydrogens is 1310 g/mol. The third-order valence-electron chi connectivity index (χ3n) is 18.3. The summed E-state index contributed by atoms with van der Waals surface area (Å²) in [5.41, 5.74) is 9.84.